The Morgan fingerprint density at radius 2 is 1.93 bits per heavy atom. The Balaban J connectivity index is 1.78. The second-order valence-corrected chi connectivity index (χ2v) is 7.31. The molecule has 28 heavy (non-hydrogen) atoms. The molecule has 0 saturated carbocycles. The van der Waals surface area contributed by atoms with E-state index >= 15 is 0 Å². The zero-order valence-corrected chi connectivity index (χ0v) is 16.8. The molecular formula is C18H24N6O3S. The van der Waals surface area contributed by atoms with Crippen molar-refractivity contribution in [3.63, 3.8) is 0 Å². The highest BCUT2D eigenvalue weighted by Crippen LogP contribution is 2.33. The molecule has 9 nitrogen and oxygen atoms in total. The minimum absolute atomic E-state index is 0.249. The number of amides is 1. The van der Waals surface area contributed by atoms with Gasteiger partial charge in [-0.2, -0.15) is 0 Å². The number of aromatic nitrogens is 2. The monoisotopic (exact) mass is 404 g/mol. The van der Waals surface area contributed by atoms with Gasteiger partial charge < -0.3 is 20.7 Å². The number of rotatable bonds is 6. The molecule has 1 aliphatic heterocycles. The van der Waals surface area contributed by atoms with Crippen molar-refractivity contribution in [2.45, 2.75) is 13.5 Å². The lowest BCUT2D eigenvalue weighted by Crippen LogP contribution is -2.46. The predicted molar refractivity (Wildman–Crippen MR) is 108 cm³/mol. The van der Waals surface area contributed by atoms with Crippen LogP contribution in [0.1, 0.15) is 32.5 Å². The van der Waals surface area contributed by atoms with Crippen LogP contribution in [0, 0.1) is 0 Å². The van der Waals surface area contributed by atoms with Crippen LogP contribution in [-0.4, -0.2) is 66.6 Å². The van der Waals surface area contributed by atoms with Gasteiger partial charge in [0, 0.05) is 57.7 Å². The Hall–Kier alpha value is -2.72. The quantitative estimate of drug-likeness (QED) is 0.685. The number of hydrogen-bond donors (Lipinski definition) is 2. The molecule has 2 aromatic heterocycles. The SMILES string of the molecule is CCOC(=O)c1c(N)sc(C(=O)NC)c1CN1CCN(c2ncccn2)CC1. The molecule has 0 atom stereocenters. The van der Waals surface area contributed by atoms with Crippen molar-refractivity contribution in [3.8, 4) is 0 Å². The molecule has 0 aromatic carbocycles. The van der Waals surface area contributed by atoms with Crippen molar-refractivity contribution in [2.24, 2.45) is 0 Å². The highest BCUT2D eigenvalue weighted by atomic mass is 32.1. The third kappa shape index (κ3) is 4.23. The van der Waals surface area contributed by atoms with Crippen LogP contribution in [0.25, 0.3) is 0 Å². The highest BCUT2D eigenvalue weighted by Gasteiger charge is 2.29. The van der Waals surface area contributed by atoms with E-state index in [0.29, 0.717) is 33.5 Å². The Kier molecular flexibility index (Phi) is 6.42. The van der Waals surface area contributed by atoms with Crippen LogP contribution in [0.3, 0.4) is 0 Å². The van der Waals surface area contributed by atoms with E-state index < -0.39 is 5.97 Å². The highest BCUT2D eigenvalue weighted by molar-refractivity contribution is 7.18. The zero-order chi connectivity index (χ0) is 20.1. The van der Waals surface area contributed by atoms with E-state index in [0.717, 1.165) is 37.5 Å². The number of esters is 1. The van der Waals surface area contributed by atoms with Gasteiger partial charge in [0.25, 0.3) is 5.91 Å². The molecule has 3 heterocycles. The molecule has 0 radical (unpaired) electrons. The standard InChI is InChI=1S/C18H24N6O3S/c1-3-27-17(26)13-12(14(16(25)20-2)28-15(13)19)11-23-7-9-24(10-8-23)18-21-5-4-6-22-18/h4-6H,3,7-11,19H2,1-2H3,(H,20,25). The second kappa shape index (κ2) is 8.98. The van der Waals surface area contributed by atoms with Crippen LogP contribution in [0.15, 0.2) is 18.5 Å². The number of piperazine rings is 1. The molecule has 3 N–H and O–H groups in total. The van der Waals surface area contributed by atoms with Crippen molar-refractivity contribution >= 4 is 34.2 Å². The van der Waals surface area contributed by atoms with Crippen molar-refractivity contribution in [1.29, 1.82) is 0 Å². The van der Waals surface area contributed by atoms with E-state index in [1.54, 1.807) is 32.4 Å². The summed E-state index contributed by atoms with van der Waals surface area (Å²) in [5, 5.41) is 2.93. The normalized spacial score (nSPS) is 14.7. The number of carbonyl (C=O) groups excluding carboxylic acids is 2. The number of nitrogens with two attached hydrogens (primary N) is 1. The largest absolute Gasteiger partial charge is 0.462 e. The molecule has 3 rings (SSSR count). The van der Waals surface area contributed by atoms with E-state index in [1.165, 1.54) is 0 Å². The molecule has 1 fully saturated rings. The average Bonchev–Trinajstić information content (AvgIpc) is 3.04. The molecule has 0 unspecified atom stereocenters. The van der Waals surface area contributed by atoms with Gasteiger partial charge in [0.15, 0.2) is 0 Å². The first-order chi connectivity index (χ1) is 13.5. The third-order valence-electron chi connectivity index (χ3n) is 4.54. The van der Waals surface area contributed by atoms with Gasteiger partial charge in [-0.05, 0) is 13.0 Å². The molecule has 0 aliphatic carbocycles. The fourth-order valence-electron chi connectivity index (χ4n) is 3.14. The number of nitrogens with one attached hydrogen (secondary N) is 1. The van der Waals surface area contributed by atoms with Crippen LogP contribution < -0.4 is 16.0 Å². The predicted octanol–water partition coefficient (Wildman–Crippen LogP) is 0.979. The molecule has 10 heteroatoms. The lowest BCUT2D eigenvalue weighted by atomic mass is 10.1. The summed E-state index contributed by atoms with van der Waals surface area (Å²) in [6.45, 7) is 5.46. The third-order valence-corrected chi connectivity index (χ3v) is 5.60. The molecule has 1 aliphatic rings. The van der Waals surface area contributed by atoms with Crippen molar-refractivity contribution in [3.05, 3.63) is 34.5 Å². The molecule has 150 valence electrons. The summed E-state index contributed by atoms with van der Waals surface area (Å²) >= 11 is 1.12. The van der Waals surface area contributed by atoms with Crippen LogP contribution in [0.5, 0.6) is 0 Å². The summed E-state index contributed by atoms with van der Waals surface area (Å²) in [7, 11) is 1.56. The maximum absolute atomic E-state index is 12.4. The van der Waals surface area contributed by atoms with Crippen LogP contribution in [0.2, 0.25) is 0 Å². The Labute approximate surface area is 167 Å². The fraction of sp³-hybridized carbons (Fsp3) is 0.444. The van der Waals surface area contributed by atoms with Gasteiger partial charge in [0.05, 0.1) is 17.0 Å². The number of anilines is 2. The van der Waals surface area contributed by atoms with E-state index in [2.05, 4.69) is 25.1 Å². The Morgan fingerprint density at radius 3 is 2.54 bits per heavy atom. The molecular weight excluding hydrogens is 380 g/mol. The number of nitrogens with zero attached hydrogens (tertiary/aromatic N) is 4. The topological polar surface area (TPSA) is 114 Å². The second-order valence-electron chi connectivity index (χ2n) is 6.26. The lowest BCUT2D eigenvalue weighted by Gasteiger charge is -2.34. The number of ether oxygens (including phenoxy) is 1. The molecule has 2 aromatic rings. The van der Waals surface area contributed by atoms with Gasteiger partial charge in [-0.3, -0.25) is 9.69 Å². The average molecular weight is 404 g/mol. The molecule has 1 saturated heterocycles. The van der Waals surface area contributed by atoms with Crippen LogP contribution >= 0.6 is 11.3 Å². The van der Waals surface area contributed by atoms with E-state index in [1.807, 2.05) is 0 Å². The summed E-state index contributed by atoms with van der Waals surface area (Å²) in [5.74, 6) is -0.0310. The maximum Gasteiger partial charge on any atom is 0.341 e. The van der Waals surface area contributed by atoms with E-state index in [-0.39, 0.29) is 12.5 Å². The smallest absolute Gasteiger partial charge is 0.341 e. The molecule has 0 spiro atoms. The van der Waals surface area contributed by atoms with Gasteiger partial charge in [0.1, 0.15) is 5.00 Å². The fourth-order valence-corrected chi connectivity index (χ4v) is 4.16. The lowest BCUT2D eigenvalue weighted by molar-refractivity contribution is 0.0525. The van der Waals surface area contributed by atoms with Gasteiger partial charge >= 0.3 is 5.97 Å². The summed E-state index contributed by atoms with van der Waals surface area (Å²) in [6.07, 6.45) is 3.45. The van der Waals surface area contributed by atoms with E-state index in [4.69, 9.17) is 10.5 Å². The first kappa shape index (κ1) is 20.0. The Morgan fingerprint density at radius 1 is 1.25 bits per heavy atom. The number of hydrogen-bond acceptors (Lipinski definition) is 9. The first-order valence-electron chi connectivity index (χ1n) is 9.09. The minimum Gasteiger partial charge on any atom is -0.462 e. The molecule has 1 amide bonds. The number of carbonyl (C=O) groups is 2. The summed E-state index contributed by atoms with van der Waals surface area (Å²) in [4.78, 5) is 38.1. The van der Waals surface area contributed by atoms with Crippen LogP contribution in [-0.2, 0) is 11.3 Å². The van der Waals surface area contributed by atoms with Gasteiger partial charge in [-0.25, -0.2) is 14.8 Å². The van der Waals surface area contributed by atoms with Crippen molar-refractivity contribution < 1.29 is 14.3 Å². The summed E-state index contributed by atoms with van der Waals surface area (Å²) < 4.78 is 5.15. The van der Waals surface area contributed by atoms with Gasteiger partial charge in [-0.1, -0.05) is 0 Å². The number of nitrogen functional groups attached to an aromatic ring is 1. The number of thiophene rings is 1. The van der Waals surface area contributed by atoms with E-state index in [9.17, 15) is 9.59 Å². The van der Waals surface area contributed by atoms with Crippen molar-refractivity contribution in [2.75, 3.05) is 50.5 Å². The zero-order valence-electron chi connectivity index (χ0n) is 16.0. The van der Waals surface area contributed by atoms with Gasteiger partial charge in [-0.15, -0.1) is 11.3 Å². The van der Waals surface area contributed by atoms with Crippen LogP contribution in [0.4, 0.5) is 10.9 Å². The Bertz CT molecular complexity index is 833. The van der Waals surface area contributed by atoms with Gasteiger partial charge in [0.2, 0.25) is 5.95 Å². The summed E-state index contributed by atoms with van der Waals surface area (Å²) in [5.41, 5.74) is 7.00. The van der Waals surface area contributed by atoms with Crippen molar-refractivity contribution in [1.82, 2.24) is 20.2 Å². The maximum atomic E-state index is 12.4. The molecule has 0 bridgehead atoms. The minimum atomic E-state index is -0.488. The summed E-state index contributed by atoms with van der Waals surface area (Å²) in [6, 6.07) is 1.79. The first-order valence-corrected chi connectivity index (χ1v) is 9.91.